The third-order valence-electron chi connectivity index (χ3n) is 9.59. The molecule has 0 spiro atoms. The first kappa shape index (κ1) is 27.9. The van der Waals surface area contributed by atoms with Crippen molar-refractivity contribution in [1.82, 2.24) is 20.0 Å². The van der Waals surface area contributed by atoms with Gasteiger partial charge in [0.1, 0.15) is 18.4 Å². The molecule has 0 bridgehead atoms. The molecule has 2 atom stereocenters. The fourth-order valence-corrected chi connectivity index (χ4v) is 7.15. The van der Waals surface area contributed by atoms with Crippen molar-refractivity contribution in [2.75, 3.05) is 32.8 Å². The Bertz CT molecular complexity index is 1290. The quantitative estimate of drug-likeness (QED) is 0.492. The molecular weight excluding hydrogens is 516 g/mol. The van der Waals surface area contributed by atoms with E-state index >= 15 is 0 Å². The highest BCUT2D eigenvalue weighted by Gasteiger charge is 2.39. The van der Waals surface area contributed by atoms with Crippen LogP contribution in [0, 0.1) is 0 Å². The Morgan fingerprint density at radius 1 is 0.951 bits per heavy atom. The first-order valence-electron chi connectivity index (χ1n) is 15.4. The summed E-state index contributed by atoms with van der Waals surface area (Å²) in [6.07, 6.45) is 6.63. The molecular formula is C33H42N4O4. The lowest BCUT2D eigenvalue weighted by Crippen LogP contribution is -2.52. The monoisotopic (exact) mass is 558 g/mol. The van der Waals surface area contributed by atoms with E-state index in [4.69, 9.17) is 4.74 Å². The van der Waals surface area contributed by atoms with E-state index in [1.165, 1.54) is 49.9 Å². The van der Waals surface area contributed by atoms with E-state index in [0.717, 1.165) is 37.4 Å². The second kappa shape index (κ2) is 12.3. The van der Waals surface area contributed by atoms with Gasteiger partial charge >= 0.3 is 0 Å². The van der Waals surface area contributed by atoms with Gasteiger partial charge in [0.05, 0.1) is 0 Å². The van der Waals surface area contributed by atoms with E-state index in [9.17, 15) is 14.4 Å². The van der Waals surface area contributed by atoms with Crippen molar-refractivity contribution < 1.29 is 19.1 Å². The summed E-state index contributed by atoms with van der Waals surface area (Å²) in [4.78, 5) is 43.7. The topological polar surface area (TPSA) is 82.2 Å². The number of fused-ring (bicyclic) bond motifs is 1. The number of carbonyl (C=O) groups excluding carboxylic acids is 3. The van der Waals surface area contributed by atoms with Crippen molar-refractivity contribution >= 4 is 17.7 Å². The lowest BCUT2D eigenvalue weighted by atomic mass is 9.86. The summed E-state index contributed by atoms with van der Waals surface area (Å²) in [5.41, 5.74) is 4.47. The van der Waals surface area contributed by atoms with E-state index in [-0.39, 0.29) is 24.1 Å². The highest BCUT2D eigenvalue weighted by molar-refractivity contribution is 6.05. The van der Waals surface area contributed by atoms with Gasteiger partial charge in [-0.2, -0.15) is 0 Å². The number of rotatable bonds is 8. The molecule has 0 aromatic heterocycles. The second-order valence-corrected chi connectivity index (χ2v) is 12.1. The van der Waals surface area contributed by atoms with Crippen molar-refractivity contribution in [2.45, 2.75) is 83.0 Å². The smallest absolute Gasteiger partial charge is 0.255 e. The minimum absolute atomic E-state index is 0.154. The number of nitrogens with one attached hydrogen (secondary N) is 1. The van der Waals surface area contributed by atoms with Crippen LogP contribution >= 0.6 is 0 Å². The summed E-state index contributed by atoms with van der Waals surface area (Å²) in [6.45, 7) is 8.78. The summed E-state index contributed by atoms with van der Waals surface area (Å²) in [7, 11) is 0. The summed E-state index contributed by atoms with van der Waals surface area (Å²) >= 11 is 0. The number of amides is 3. The standard InChI is InChI=1S/C33H42N4O4/c1-2-35-17-14-23(15-18-35)28-9-4-3-7-24(28)20-36-16-6-5-8-26(36)22-41-27-10-11-29-25(19-27)21-37(33(29)40)30-12-13-31(38)34-32(30)39/h3-4,7,9-11,19,23,26,30H,2,5-6,8,12-18,20-22H2,1H3,(H,34,38,39). The van der Waals surface area contributed by atoms with Crippen LogP contribution in [0.2, 0.25) is 0 Å². The Kier molecular flexibility index (Phi) is 8.40. The van der Waals surface area contributed by atoms with E-state index in [1.54, 1.807) is 4.90 Å². The summed E-state index contributed by atoms with van der Waals surface area (Å²) in [5.74, 6) is 0.587. The average molecular weight is 559 g/mol. The summed E-state index contributed by atoms with van der Waals surface area (Å²) < 4.78 is 6.36. The molecule has 4 heterocycles. The van der Waals surface area contributed by atoms with Gasteiger partial charge in [0.15, 0.2) is 0 Å². The highest BCUT2D eigenvalue weighted by Crippen LogP contribution is 2.33. The van der Waals surface area contributed by atoms with Crippen LogP contribution in [0.3, 0.4) is 0 Å². The lowest BCUT2D eigenvalue weighted by molar-refractivity contribution is -0.136. The Morgan fingerprint density at radius 2 is 1.78 bits per heavy atom. The molecule has 0 radical (unpaired) electrons. The number of likely N-dealkylation sites (tertiary alicyclic amines) is 2. The maximum absolute atomic E-state index is 13.0. The predicted octanol–water partition coefficient (Wildman–Crippen LogP) is 4.08. The number of hydrogen-bond acceptors (Lipinski definition) is 6. The second-order valence-electron chi connectivity index (χ2n) is 12.1. The highest BCUT2D eigenvalue weighted by atomic mass is 16.5. The largest absolute Gasteiger partial charge is 0.492 e. The molecule has 3 fully saturated rings. The first-order valence-corrected chi connectivity index (χ1v) is 15.4. The minimum Gasteiger partial charge on any atom is -0.492 e. The summed E-state index contributed by atoms with van der Waals surface area (Å²) in [6, 6.07) is 14.4. The zero-order chi connectivity index (χ0) is 28.3. The van der Waals surface area contributed by atoms with Crippen molar-refractivity contribution in [2.24, 2.45) is 0 Å². The van der Waals surface area contributed by atoms with Gasteiger partial charge in [0, 0.05) is 31.1 Å². The molecule has 4 aliphatic heterocycles. The van der Waals surface area contributed by atoms with E-state index in [0.29, 0.717) is 37.1 Å². The van der Waals surface area contributed by atoms with E-state index in [1.807, 2.05) is 18.2 Å². The van der Waals surface area contributed by atoms with Crippen LogP contribution in [0.15, 0.2) is 42.5 Å². The van der Waals surface area contributed by atoms with Crippen LogP contribution in [0.5, 0.6) is 5.75 Å². The fraction of sp³-hybridized carbons (Fsp3) is 0.545. The Balaban J connectivity index is 1.09. The van der Waals surface area contributed by atoms with E-state index < -0.39 is 6.04 Å². The Labute approximate surface area is 243 Å². The Hall–Kier alpha value is -3.23. The van der Waals surface area contributed by atoms with Gasteiger partial charge in [0.2, 0.25) is 11.8 Å². The molecule has 0 saturated carbocycles. The molecule has 8 nitrogen and oxygen atoms in total. The zero-order valence-electron chi connectivity index (χ0n) is 24.1. The predicted molar refractivity (Wildman–Crippen MR) is 157 cm³/mol. The minimum atomic E-state index is -0.602. The Morgan fingerprint density at radius 3 is 2.59 bits per heavy atom. The van der Waals surface area contributed by atoms with Gasteiger partial charge < -0.3 is 14.5 Å². The maximum Gasteiger partial charge on any atom is 0.255 e. The van der Waals surface area contributed by atoms with Gasteiger partial charge in [-0.15, -0.1) is 0 Å². The van der Waals surface area contributed by atoms with Crippen LogP contribution < -0.4 is 10.1 Å². The molecule has 41 heavy (non-hydrogen) atoms. The number of imide groups is 1. The van der Waals surface area contributed by atoms with Gasteiger partial charge in [-0.05, 0) is 99.1 Å². The van der Waals surface area contributed by atoms with E-state index in [2.05, 4.69) is 46.3 Å². The molecule has 3 saturated heterocycles. The van der Waals surface area contributed by atoms with Crippen LogP contribution in [0.1, 0.15) is 84.8 Å². The van der Waals surface area contributed by atoms with Crippen LogP contribution in [-0.2, 0) is 22.7 Å². The van der Waals surface area contributed by atoms with Gasteiger partial charge in [-0.25, -0.2) is 0 Å². The van der Waals surface area contributed by atoms with Gasteiger partial charge in [0.25, 0.3) is 5.91 Å². The van der Waals surface area contributed by atoms with Crippen molar-refractivity contribution in [3.63, 3.8) is 0 Å². The fourth-order valence-electron chi connectivity index (χ4n) is 7.15. The van der Waals surface area contributed by atoms with Crippen LogP contribution in [0.4, 0.5) is 0 Å². The number of benzene rings is 2. The van der Waals surface area contributed by atoms with Crippen molar-refractivity contribution in [3.8, 4) is 5.75 Å². The third kappa shape index (κ3) is 6.04. The molecule has 4 aliphatic rings. The number of nitrogens with zero attached hydrogens (tertiary/aromatic N) is 3. The molecule has 6 rings (SSSR count). The van der Waals surface area contributed by atoms with Crippen LogP contribution in [-0.4, -0.2) is 77.3 Å². The van der Waals surface area contributed by atoms with Crippen LogP contribution in [0.25, 0.3) is 0 Å². The SMILES string of the molecule is CCN1CCC(c2ccccc2CN2CCCCC2COc2ccc3c(c2)CN(C2CCC(=O)NC2=O)C3=O)CC1. The lowest BCUT2D eigenvalue weighted by Gasteiger charge is -2.37. The number of ether oxygens (including phenoxy) is 1. The molecule has 3 amide bonds. The van der Waals surface area contributed by atoms with Gasteiger partial charge in [-0.3, -0.25) is 24.6 Å². The van der Waals surface area contributed by atoms with Gasteiger partial charge in [-0.1, -0.05) is 37.6 Å². The average Bonchev–Trinajstić information content (AvgIpc) is 3.32. The molecule has 8 heteroatoms. The molecule has 2 aromatic rings. The van der Waals surface area contributed by atoms with Crippen molar-refractivity contribution in [1.29, 1.82) is 0 Å². The number of carbonyl (C=O) groups is 3. The molecule has 0 aliphatic carbocycles. The molecule has 2 aromatic carbocycles. The third-order valence-corrected chi connectivity index (χ3v) is 9.59. The first-order chi connectivity index (χ1) is 20.0. The molecule has 218 valence electrons. The zero-order valence-corrected chi connectivity index (χ0v) is 24.1. The normalized spacial score (nSPS) is 24.4. The molecule has 1 N–H and O–H groups in total. The number of piperidine rings is 3. The number of hydrogen-bond donors (Lipinski definition) is 1. The maximum atomic E-state index is 13.0. The van der Waals surface area contributed by atoms with Crippen molar-refractivity contribution in [3.05, 3.63) is 64.7 Å². The summed E-state index contributed by atoms with van der Waals surface area (Å²) in [5, 5.41) is 2.37. The molecule has 2 unspecified atom stereocenters.